The van der Waals surface area contributed by atoms with Crippen LogP contribution in [-0.2, 0) is 0 Å². The average molecular weight is 691 g/mol. The number of para-hydroxylation sites is 4. The van der Waals surface area contributed by atoms with E-state index in [1.54, 1.807) is 0 Å². The van der Waals surface area contributed by atoms with Gasteiger partial charge in [0.2, 0.25) is 0 Å². The number of hydrogen-bond donors (Lipinski definition) is 0. The molecule has 10 aromatic carbocycles. The first kappa shape index (κ1) is 31.8. The van der Waals surface area contributed by atoms with Crippen LogP contribution in [-0.4, -0.2) is 0 Å². The molecular weight excluding hydrogens is 653 g/mol. The van der Waals surface area contributed by atoms with Crippen molar-refractivity contribution in [2.45, 2.75) is 13.8 Å². The molecule has 0 bridgehead atoms. The third-order valence-electron chi connectivity index (χ3n) is 10.8. The molecule has 0 saturated carbocycles. The van der Waals surface area contributed by atoms with Crippen molar-refractivity contribution in [2.75, 3.05) is 9.80 Å². The Bertz CT molecular complexity index is 2710. The lowest BCUT2D eigenvalue weighted by Gasteiger charge is -2.27. The fourth-order valence-electron chi connectivity index (χ4n) is 8.45. The fraction of sp³-hybridized carbons (Fsp3) is 0.0385. The highest BCUT2D eigenvalue weighted by molar-refractivity contribution is 6.39. The van der Waals surface area contributed by atoms with Crippen molar-refractivity contribution in [3.8, 4) is 0 Å². The quantitative estimate of drug-likeness (QED) is 0.160. The van der Waals surface area contributed by atoms with E-state index in [-0.39, 0.29) is 0 Å². The maximum absolute atomic E-state index is 2.41. The molecule has 10 aromatic rings. The molecule has 0 aromatic heterocycles. The minimum absolute atomic E-state index is 1.12. The molecule has 0 atom stereocenters. The second kappa shape index (κ2) is 12.9. The molecule has 2 heteroatoms. The van der Waals surface area contributed by atoms with Gasteiger partial charge in [-0.15, -0.1) is 0 Å². The molecule has 256 valence electrons. The van der Waals surface area contributed by atoms with Gasteiger partial charge in [-0.25, -0.2) is 0 Å². The largest absolute Gasteiger partial charge is 0.310 e. The van der Waals surface area contributed by atoms with Crippen molar-refractivity contribution in [3.63, 3.8) is 0 Å². The normalized spacial score (nSPS) is 11.5. The highest BCUT2D eigenvalue weighted by Crippen LogP contribution is 2.48. The van der Waals surface area contributed by atoms with Gasteiger partial charge in [-0.1, -0.05) is 132 Å². The number of aryl methyl sites for hydroxylation is 2. The Balaban J connectivity index is 1.36. The summed E-state index contributed by atoms with van der Waals surface area (Å²) < 4.78 is 0. The lowest BCUT2D eigenvalue weighted by atomic mass is 9.86. The summed E-state index contributed by atoms with van der Waals surface area (Å²) in [6.07, 6.45) is 0. The van der Waals surface area contributed by atoms with E-state index in [2.05, 4.69) is 218 Å². The SMILES string of the molecule is Cc1ccc2c(c1)c1cc(C)ccc1c1c3ccc(N(c4ccccc4)c4ccccc4)cc3c3cc(N(c4ccccc4)c4ccccc4)ccc3c21. The monoisotopic (exact) mass is 690 g/mol. The first-order valence-corrected chi connectivity index (χ1v) is 18.7. The van der Waals surface area contributed by atoms with Crippen molar-refractivity contribution in [1.82, 2.24) is 0 Å². The second-order valence-electron chi connectivity index (χ2n) is 14.3. The molecule has 0 aliphatic rings. The van der Waals surface area contributed by atoms with Crippen LogP contribution >= 0.6 is 0 Å². The minimum atomic E-state index is 1.12. The van der Waals surface area contributed by atoms with Gasteiger partial charge >= 0.3 is 0 Å². The number of benzene rings is 10. The summed E-state index contributed by atoms with van der Waals surface area (Å²) in [6.45, 7) is 4.40. The van der Waals surface area contributed by atoms with Crippen LogP contribution in [0.15, 0.2) is 194 Å². The smallest absolute Gasteiger partial charge is 0.0468 e. The molecule has 0 heterocycles. The average Bonchev–Trinajstić information content (AvgIpc) is 3.22. The summed E-state index contributed by atoms with van der Waals surface area (Å²) in [6, 6.07) is 70.9. The fourth-order valence-corrected chi connectivity index (χ4v) is 8.45. The van der Waals surface area contributed by atoms with E-state index < -0.39 is 0 Å². The number of rotatable bonds is 6. The van der Waals surface area contributed by atoms with Crippen molar-refractivity contribution >= 4 is 88.0 Å². The molecule has 2 nitrogen and oxygen atoms in total. The van der Waals surface area contributed by atoms with E-state index in [9.17, 15) is 0 Å². The van der Waals surface area contributed by atoms with Gasteiger partial charge in [-0.2, -0.15) is 0 Å². The molecule has 0 aliphatic carbocycles. The Hall–Kier alpha value is -6.90. The topological polar surface area (TPSA) is 6.48 Å². The molecule has 0 amide bonds. The number of fused-ring (bicyclic) bond motifs is 11. The zero-order chi connectivity index (χ0) is 36.2. The molecule has 54 heavy (non-hydrogen) atoms. The maximum atomic E-state index is 2.41. The van der Waals surface area contributed by atoms with E-state index in [0.29, 0.717) is 0 Å². The van der Waals surface area contributed by atoms with Gasteiger partial charge in [-0.3, -0.25) is 0 Å². The maximum Gasteiger partial charge on any atom is 0.0468 e. The van der Waals surface area contributed by atoms with Crippen LogP contribution in [0.5, 0.6) is 0 Å². The zero-order valence-corrected chi connectivity index (χ0v) is 30.4. The van der Waals surface area contributed by atoms with Crippen LogP contribution in [0.25, 0.3) is 53.9 Å². The summed E-state index contributed by atoms with van der Waals surface area (Å²) >= 11 is 0. The molecule has 10 rings (SSSR count). The summed E-state index contributed by atoms with van der Waals surface area (Å²) in [5.74, 6) is 0. The number of nitrogens with zero attached hydrogens (tertiary/aromatic N) is 2. The van der Waals surface area contributed by atoms with Gasteiger partial charge in [-0.05, 0) is 141 Å². The molecule has 0 N–H and O–H groups in total. The van der Waals surface area contributed by atoms with Crippen LogP contribution in [0.2, 0.25) is 0 Å². The molecule has 0 unspecified atom stereocenters. The van der Waals surface area contributed by atoms with Crippen LogP contribution in [0.1, 0.15) is 11.1 Å². The van der Waals surface area contributed by atoms with Gasteiger partial charge in [0.05, 0.1) is 0 Å². The Morgan fingerprint density at radius 3 is 0.833 bits per heavy atom. The van der Waals surface area contributed by atoms with Gasteiger partial charge in [0, 0.05) is 34.1 Å². The summed E-state index contributed by atoms with van der Waals surface area (Å²) in [7, 11) is 0. The van der Waals surface area contributed by atoms with Crippen molar-refractivity contribution in [1.29, 1.82) is 0 Å². The van der Waals surface area contributed by atoms with E-state index in [0.717, 1.165) is 34.1 Å². The third kappa shape index (κ3) is 5.26. The van der Waals surface area contributed by atoms with E-state index >= 15 is 0 Å². The van der Waals surface area contributed by atoms with Gasteiger partial charge in [0.25, 0.3) is 0 Å². The van der Waals surface area contributed by atoms with Crippen LogP contribution in [0.3, 0.4) is 0 Å². The Morgan fingerprint density at radius 1 is 0.241 bits per heavy atom. The Morgan fingerprint density at radius 2 is 0.519 bits per heavy atom. The van der Waals surface area contributed by atoms with Gasteiger partial charge in [0.15, 0.2) is 0 Å². The van der Waals surface area contributed by atoms with Gasteiger partial charge in [0.1, 0.15) is 0 Å². The Kier molecular flexibility index (Phi) is 7.63. The molecule has 0 saturated heterocycles. The summed E-state index contributed by atoms with van der Waals surface area (Å²) in [5.41, 5.74) is 9.25. The lowest BCUT2D eigenvalue weighted by molar-refractivity contribution is 1.29. The highest BCUT2D eigenvalue weighted by Gasteiger charge is 2.21. The van der Waals surface area contributed by atoms with Crippen LogP contribution < -0.4 is 9.80 Å². The van der Waals surface area contributed by atoms with E-state index in [1.165, 1.54) is 65.0 Å². The van der Waals surface area contributed by atoms with Crippen LogP contribution in [0, 0.1) is 13.8 Å². The van der Waals surface area contributed by atoms with E-state index in [1.807, 2.05) is 0 Å². The predicted octanol–water partition coefficient (Wildman–Crippen LogP) is 15.0. The molecular formula is C52H38N2. The first-order valence-electron chi connectivity index (χ1n) is 18.7. The van der Waals surface area contributed by atoms with Crippen LogP contribution in [0.4, 0.5) is 34.1 Å². The second-order valence-corrected chi connectivity index (χ2v) is 14.3. The number of anilines is 6. The molecule has 0 aliphatic heterocycles. The van der Waals surface area contributed by atoms with Crippen molar-refractivity contribution in [3.05, 3.63) is 205 Å². The van der Waals surface area contributed by atoms with Crippen molar-refractivity contribution in [2.24, 2.45) is 0 Å². The number of hydrogen-bond acceptors (Lipinski definition) is 2. The Labute approximate surface area is 315 Å². The molecule has 0 spiro atoms. The standard InChI is InChI=1S/C52H38N2/c1-35-23-27-43-47(31-35)48-32-36(2)24-28-44(48)52-46-30-26-42(54(39-19-11-5-12-20-39)40-21-13-6-14-22-40)34-50(46)49-33-41(25-29-45(49)51(43)52)53(37-15-7-3-8-16-37)38-17-9-4-10-18-38/h3-34H,1-2H3. The predicted molar refractivity (Wildman–Crippen MR) is 233 cm³/mol. The highest BCUT2D eigenvalue weighted by atomic mass is 15.1. The minimum Gasteiger partial charge on any atom is -0.310 e. The molecule has 0 fully saturated rings. The van der Waals surface area contributed by atoms with Gasteiger partial charge < -0.3 is 9.80 Å². The zero-order valence-electron chi connectivity index (χ0n) is 30.4. The molecule has 0 radical (unpaired) electrons. The van der Waals surface area contributed by atoms with E-state index in [4.69, 9.17) is 0 Å². The summed E-state index contributed by atoms with van der Waals surface area (Å²) in [5, 5.41) is 12.7. The first-order chi connectivity index (χ1) is 26.6. The third-order valence-corrected chi connectivity index (χ3v) is 10.8. The summed E-state index contributed by atoms with van der Waals surface area (Å²) in [4.78, 5) is 4.73. The lowest BCUT2D eigenvalue weighted by Crippen LogP contribution is -2.10. The van der Waals surface area contributed by atoms with Crippen molar-refractivity contribution < 1.29 is 0 Å².